The Labute approximate surface area is 185 Å². The first-order chi connectivity index (χ1) is 11.5. The molecule has 10 heteroatoms. The molecule has 1 atom stereocenters. The van der Waals surface area contributed by atoms with Gasteiger partial charge >= 0.3 is 0 Å². The van der Waals surface area contributed by atoms with Gasteiger partial charge in [0.15, 0.2) is 5.11 Å². The first-order valence-electron chi connectivity index (χ1n) is 7.43. The number of nitrogens with one attached hydrogen (secondary N) is 3. The fourth-order valence-corrected chi connectivity index (χ4v) is 4.03. The lowest BCUT2D eigenvalue weighted by molar-refractivity contribution is -0.122. The van der Waals surface area contributed by atoms with Gasteiger partial charge in [0.05, 0.1) is 5.69 Å². The van der Waals surface area contributed by atoms with Crippen molar-refractivity contribution >= 4 is 95.6 Å². The fraction of sp³-hybridized carbons (Fsp3) is 0.467. The van der Waals surface area contributed by atoms with E-state index in [4.69, 9.17) is 47.0 Å². The number of hydrogen-bond acceptors (Lipinski definition) is 2. The zero-order valence-corrected chi connectivity index (χ0v) is 19.8. The van der Waals surface area contributed by atoms with Gasteiger partial charge in [-0.3, -0.25) is 4.79 Å². The van der Waals surface area contributed by atoms with Crippen molar-refractivity contribution in [3.8, 4) is 0 Å². The van der Waals surface area contributed by atoms with E-state index in [0.717, 1.165) is 33.0 Å². The number of alkyl halides is 3. The highest BCUT2D eigenvalue weighted by Crippen LogP contribution is 2.33. The van der Waals surface area contributed by atoms with Gasteiger partial charge in [-0.05, 0) is 75.1 Å². The summed E-state index contributed by atoms with van der Waals surface area (Å²) >= 11 is 30.1. The van der Waals surface area contributed by atoms with Crippen LogP contribution in [-0.2, 0) is 4.79 Å². The Bertz CT molecular complexity index is 618. The Hall–Kier alpha value is 0.210. The molecule has 0 radical (unpaired) electrons. The van der Waals surface area contributed by atoms with Crippen molar-refractivity contribution in [1.82, 2.24) is 10.6 Å². The minimum Gasteiger partial charge on any atom is -0.339 e. The minimum atomic E-state index is -1.77. The predicted octanol–water partition coefficient (Wildman–Crippen LogP) is 5.81. The quantitative estimate of drug-likeness (QED) is 0.236. The zero-order chi connectivity index (χ0) is 19.2. The van der Waals surface area contributed by atoms with Crippen molar-refractivity contribution < 1.29 is 4.79 Å². The molecule has 1 amide bonds. The van der Waals surface area contributed by atoms with E-state index in [1.165, 1.54) is 0 Å². The Morgan fingerprint density at radius 1 is 1.24 bits per heavy atom. The van der Waals surface area contributed by atoms with E-state index in [-0.39, 0.29) is 11.0 Å². The van der Waals surface area contributed by atoms with Crippen molar-refractivity contribution in [2.24, 2.45) is 0 Å². The number of carbonyl (C=O) groups is 1. The summed E-state index contributed by atoms with van der Waals surface area (Å²) in [5, 5.41) is 8.71. The lowest BCUT2D eigenvalue weighted by atomic mass is 10.2. The van der Waals surface area contributed by atoms with Gasteiger partial charge in [-0.15, -0.1) is 0 Å². The molecule has 4 nitrogen and oxygen atoms in total. The molecule has 0 aliphatic heterocycles. The number of carbonyl (C=O) groups excluding carboxylic acids is 1. The molecular weight excluding hydrogens is 536 g/mol. The van der Waals surface area contributed by atoms with Crippen LogP contribution in [0.5, 0.6) is 0 Å². The summed E-state index contributed by atoms with van der Waals surface area (Å²) in [6.07, 6.45) is 1.04. The number of amides is 1. The molecule has 0 fully saturated rings. The summed E-state index contributed by atoms with van der Waals surface area (Å²) in [6.45, 7) is 3.97. The fourth-order valence-electron chi connectivity index (χ4n) is 1.87. The van der Waals surface area contributed by atoms with Gasteiger partial charge in [-0.2, -0.15) is 0 Å². The van der Waals surface area contributed by atoms with Gasteiger partial charge < -0.3 is 16.0 Å². The van der Waals surface area contributed by atoms with Crippen LogP contribution >= 0.6 is 78.9 Å². The maximum atomic E-state index is 11.9. The van der Waals surface area contributed by atoms with E-state index in [9.17, 15) is 4.79 Å². The first kappa shape index (κ1) is 23.2. The third-order valence-electron chi connectivity index (χ3n) is 3.09. The molecule has 3 N–H and O–H groups in total. The Morgan fingerprint density at radius 3 is 2.28 bits per heavy atom. The number of hydrogen-bond donors (Lipinski definition) is 3. The van der Waals surface area contributed by atoms with E-state index in [1.807, 2.05) is 26.0 Å². The highest BCUT2D eigenvalue weighted by atomic mass is 79.9. The molecule has 0 unspecified atom stereocenters. The van der Waals surface area contributed by atoms with Crippen LogP contribution < -0.4 is 16.0 Å². The summed E-state index contributed by atoms with van der Waals surface area (Å²) in [4.78, 5) is 11.9. The van der Waals surface area contributed by atoms with Gasteiger partial charge in [0.2, 0.25) is 9.70 Å². The van der Waals surface area contributed by atoms with Crippen LogP contribution in [0.4, 0.5) is 5.69 Å². The first-order valence-corrected chi connectivity index (χ1v) is 10.6. The van der Waals surface area contributed by atoms with Crippen LogP contribution in [0.1, 0.15) is 31.7 Å². The molecule has 1 rings (SSSR count). The molecule has 0 heterocycles. The summed E-state index contributed by atoms with van der Waals surface area (Å²) in [5.74, 6) is -0.217. The number of thiocarbonyl (C=S) groups is 1. The molecular formula is C15H18Br2Cl3N3OS. The molecule has 1 aromatic carbocycles. The van der Waals surface area contributed by atoms with Crippen LogP contribution in [0.25, 0.3) is 0 Å². The van der Waals surface area contributed by atoms with Crippen molar-refractivity contribution in [2.45, 2.75) is 43.1 Å². The third kappa shape index (κ3) is 8.18. The second kappa shape index (κ2) is 10.5. The molecule has 0 aliphatic carbocycles. The Balaban J connectivity index is 2.81. The summed E-state index contributed by atoms with van der Waals surface area (Å²) < 4.78 is -0.128. The number of benzene rings is 1. The van der Waals surface area contributed by atoms with Crippen LogP contribution in [0, 0.1) is 6.92 Å². The van der Waals surface area contributed by atoms with E-state index < -0.39 is 9.96 Å². The molecule has 0 spiro atoms. The van der Waals surface area contributed by atoms with Crippen molar-refractivity contribution in [2.75, 3.05) is 5.32 Å². The molecule has 25 heavy (non-hydrogen) atoms. The summed E-state index contributed by atoms with van der Waals surface area (Å²) in [6, 6.07) is 3.88. The van der Waals surface area contributed by atoms with E-state index in [2.05, 4.69) is 47.8 Å². The van der Waals surface area contributed by atoms with Crippen LogP contribution in [0.3, 0.4) is 0 Å². The highest BCUT2D eigenvalue weighted by Gasteiger charge is 2.34. The summed E-state index contributed by atoms with van der Waals surface area (Å²) in [5.41, 5.74) is 1.80. The smallest absolute Gasteiger partial charge is 0.228 e. The number of rotatable bonds is 6. The largest absolute Gasteiger partial charge is 0.339 e. The minimum absolute atomic E-state index is 0.206. The van der Waals surface area contributed by atoms with Gasteiger partial charge in [-0.25, -0.2) is 0 Å². The van der Waals surface area contributed by atoms with Crippen molar-refractivity contribution in [1.29, 1.82) is 0 Å². The topological polar surface area (TPSA) is 53.2 Å². The predicted molar refractivity (Wildman–Crippen MR) is 118 cm³/mol. The molecule has 0 bridgehead atoms. The van der Waals surface area contributed by atoms with Crippen LogP contribution in [0.2, 0.25) is 0 Å². The lowest BCUT2D eigenvalue weighted by Gasteiger charge is -2.28. The van der Waals surface area contributed by atoms with E-state index in [1.54, 1.807) is 0 Å². The molecule has 140 valence electrons. The van der Waals surface area contributed by atoms with E-state index in [0.29, 0.717) is 6.42 Å². The molecule has 0 saturated heterocycles. The zero-order valence-electron chi connectivity index (χ0n) is 13.6. The second-order valence-electron chi connectivity index (χ2n) is 5.35. The van der Waals surface area contributed by atoms with Gasteiger partial charge in [0.25, 0.3) is 0 Å². The third-order valence-corrected chi connectivity index (χ3v) is 5.22. The number of aryl methyl sites for hydroxylation is 1. The Morgan fingerprint density at radius 2 is 1.80 bits per heavy atom. The molecule has 0 saturated carbocycles. The number of anilines is 1. The van der Waals surface area contributed by atoms with Gasteiger partial charge in [0.1, 0.15) is 6.17 Å². The molecule has 0 aliphatic rings. The van der Waals surface area contributed by atoms with Crippen molar-refractivity contribution in [3.05, 3.63) is 26.6 Å². The maximum Gasteiger partial charge on any atom is 0.228 e. The van der Waals surface area contributed by atoms with E-state index >= 15 is 0 Å². The lowest BCUT2D eigenvalue weighted by Crippen LogP contribution is -2.56. The normalized spacial score (nSPS) is 12.4. The standard InChI is InChI=1S/C15H18Br2Cl3N3OS/c1-3-4-5-11(24)21-13(15(18,19)20)23-14(25)22-12-9(16)6-8(2)7-10(12)17/h6-7,13H,3-5H2,1-2H3,(H,21,24)(H2,22,23,25)/t13-/m0/s1. The van der Waals surface area contributed by atoms with Crippen molar-refractivity contribution in [3.63, 3.8) is 0 Å². The highest BCUT2D eigenvalue weighted by molar-refractivity contribution is 9.11. The van der Waals surface area contributed by atoms with Crippen LogP contribution in [0.15, 0.2) is 21.1 Å². The average molecular weight is 555 g/mol. The van der Waals surface area contributed by atoms with Gasteiger partial charge in [0, 0.05) is 15.4 Å². The second-order valence-corrected chi connectivity index (χ2v) is 9.83. The SMILES string of the molecule is CCCCC(=O)N[C@@H](NC(=S)Nc1c(Br)cc(C)cc1Br)C(Cl)(Cl)Cl. The molecule has 0 aromatic heterocycles. The maximum absolute atomic E-state index is 11.9. The molecule has 1 aromatic rings. The van der Waals surface area contributed by atoms with Gasteiger partial charge in [-0.1, -0.05) is 48.1 Å². The number of unbranched alkanes of at least 4 members (excludes halogenated alkanes) is 1. The Kier molecular flexibility index (Phi) is 9.78. The summed E-state index contributed by atoms with van der Waals surface area (Å²) in [7, 11) is 0. The monoisotopic (exact) mass is 551 g/mol. The number of halogens is 5. The van der Waals surface area contributed by atoms with Crippen LogP contribution in [-0.4, -0.2) is 21.0 Å². The average Bonchev–Trinajstić information content (AvgIpc) is 2.47.